The van der Waals surface area contributed by atoms with E-state index in [2.05, 4.69) is 116 Å². The molecule has 0 N–H and O–H groups in total. The van der Waals surface area contributed by atoms with Crippen LogP contribution >= 0.6 is 15.9 Å². The van der Waals surface area contributed by atoms with Gasteiger partial charge in [0.15, 0.2) is 0 Å². The molecule has 33 heavy (non-hydrogen) atoms. The molecule has 0 aliphatic rings. The summed E-state index contributed by atoms with van der Waals surface area (Å²) in [4.78, 5) is 0. The Morgan fingerprint density at radius 3 is 1.91 bits per heavy atom. The van der Waals surface area contributed by atoms with Crippen LogP contribution in [0.2, 0.25) is 5.04 Å². The Labute approximate surface area is 205 Å². The fraction of sp³-hybridized carbons (Fsp3) is 0.179. The van der Waals surface area contributed by atoms with E-state index in [1.165, 1.54) is 10.4 Å². The van der Waals surface area contributed by atoms with Gasteiger partial charge in [0, 0.05) is 16.4 Å². The van der Waals surface area contributed by atoms with Gasteiger partial charge < -0.3 is 8.99 Å². The molecule has 0 fully saturated rings. The largest absolute Gasteiger partial charge is 0.403 e. The summed E-state index contributed by atoms with van der Waals surface area (Å²) in [5.74, 6) is 0. The van der Waals surface area contributed by atoms with E-state index in [9.17, 15) is 5.26 Å². The summed E-state index contributed by atoms with van der Waals surface area (Å²) >= 11 is 3.46. The third kappa shape index (κ3) is 4.60. The summed E-state index contributed by atoms with van der Waals surface area (Å²) in [6.45, 7) is 7.38. The van der Waals surface area contributed by atoms with Crippen molar-refractivity contribution in [2.75, 3.05) is 0 Å². The van der Waals surface area contributed by atoms with Gasteiger partial charge in [-0.25, -0.2) is 0 Å². The van der Waals surface area contributed by atoms with Crippen LogP contribution in [0.4, 0.5) is 0 Å². The summed E-state index contributed by atoms with van der Waals surface area (Å²) in [5, 5.41) is 11.9. The summed E-state index contributed by atoms with van der Waals surface area (Å²) in [5.41, 5.74) is 2.65. The van der Waals surface area contributed by atoms with Gasteiger partial charge in [-0.05, 0) is 55.1 Å². The van der Waals surface area contributed by atoms with E-state index in [1.54, 1.807) is 0 Å². The molecule has 0 spiro atoms. The van der Waals surface area contributed by atoms with Gasteiger partial charge in [0.25, 0.3) is 8.32 Å². The highest BCUT2D eigenvalue weighted by Crippen LogP contribution is 2.37. The summed E-state index contributed by atoms with van der Waals surface area (Å²) in [6.07, 6.45) is 1.91. The number of rotatable bonds is 6. The van der Waals surface area contributed by atoms with Crippen LogP contribution in [0.5, 0.6) is 0 Å². The lowest BCUT2D eigenvalue weighted by Crippen LogP contribution is -2.66. The van der Waals surface area contributed by atoms with Crippen molar-refractivity contribution in [2.24, 2.45) is 0 Å². The predicted octanol–water partition coefficient (Wildman–Crippen LogP) is 6.19. The van der Waals surface area contributed by atoms with E-state index in [0.29, 0.717) is 12.3 Å². The second-order valence-corrected chi connectivity index (χ2v) is 14.4. The molecule has 166 valence electrons. The molecule has 0 amide bonds. The van der Waals surface area contributed by atoms with E-state index in [1.807, 2.05) is 29.0 Å². The lowest BCUT2D eigenvalue weighted by Gasteiger charge is -2.43. The molecule has 1 heterocycles. The highest BCUT2D eigenvalue weighted by Gasteiger charge is 2.50. The molecule has 1 aromatic heterocycles. The average Bonchev–Trinajstić information content (AvgIpc) is 3.21. The van der Waals surface area contributed by atoms with Crippen molar-refractivity contribution >= 4 is 34.6 Å². The number of hydrogen-bond acceptors (Lipinski definition) is 2. The Kier molecular flexibility index (Phi) is 6.71. The van der Waals surface area contributed by atoms with Crippen molar-refractivity contribution < 1.29 is 4.43 Å². The minimum Gasteiger partial charge on any atom is -0.403 e. The van der Waals surface area contributed by atoms with Gasteiger partial charge in [-0.15, -0.1) is 0 Å². The maximum Gasteiger partial charge on any atom is 0.261 e. The summed E-state index contributed by atoms with van der Waals surface area (Å²) in [6, 6.07) is 33.7. The average molecular weight is 516 g/mol. The SMILES string of the molecule is CC(C)(C)[Si](OCc1ccc(-n2cc(Br)cc2C#N)cc1)(c1ccccc1)c1ccccc1. The predicted molar refractivity (Wildman–Crippen MR) is 141 cm³/mol. The molecular formula is C28H27BrN2OSi. The molecule has 0 atom stereocenters. The van der Waals surface area contributed by atoms with Crippen LogP contribution in [0.25, 0.3) is 5.69 Å². The third-order valence-corrected chi connectivity index (χ3v) is 11.4. The van der Waals surface area contributed by atoms with Gasteiger partial charge in [0.2, 0.25) is 0 Å². The van der Waals surface area contributed by atoms with E-state index in [4.69, 9.17) is 4.43 Å². The molecule has 0 aliphatic carbocycles. The van der Waals surface area contributed by atoms with Crippen LogP contribution in [-0.4, -0.2) is 12.9 Å². The Balaban J connectivity index is 1.69. The number of halogens is 1. The smallest absolute Gasteiger partial charge is 0.261 e. The second kappa shape index (κ2) is 9.52. The van der Waals surface area contributed by atoms with Crippen LogP contribution in [0.3, 0.4) is 0 Å². The summed E-state index contributed by atoms with van der Waals surface area (Å²) in [7, 11) is -2.58. The molecule has 4 aromatic rings. The minimum absolute atomic E-state index is 0.0608. The van der Waals surface area contributed by atoms with Crippen molar-refractivity contribution in [1.82, 2.24) is 4.57 Å². The lowest BCUT2D eigenvalue weighted by atomic mass is 10.2. The Bertz CT molecular complexity index is 1210. The van der Waals surface area contributed by atoms with E-state index >= 15 is 0 Å². The van der Waals surface area contributed by atoms with Gasteiger partial charge in [-0.3, -0.25) is 0 Å². The number of hydrogen-bond donors (Lipinski definition) is 0. The maximum absolute atomic E-state index is 9.41. The Hall–Kier alpha value is -2.91. The monoisotopic (exact) mass is 514 g/mol. The molecule has 0 saturated carbocycles. The van der Waals surface area contributed by atoms with E-state index in [-0.39, 0.29) is 5.04 Å². The molecule has 3 aromatic carbocycles. The van der Waals surface area contributed by atoms with E-state index in [0.717, 1.165) is 15.7 Å². The first-order valence-corrected chi connectivity index (χ1v) is 13.7. The number of nitriles is 1. The summed E-state index contributed by atoms with van der Waals surface area (Å²) < 4.78 is 9.79. The first-order valence-electron chi connectivity index (χ1n) is 11.0. The molecule has 4 rings (SSSR count). The number of nitrogens with zero attached hydrogens (tertiary/aromatic N) is 2. The standard InChI is InChI=1S/C28H27BrN2OSi/c1-28(2,3)33(26-10-6-4-7-11-26,27-12-8-5-9-13-27)32-21-22-14-16-24(17-15-22)31-20-23(29)18-25(31)19-30/h4-18,20H,21H2,1-3H3. The first-order chi connectivity index (χ1) is 15.8. The number of benzene rings is 3. The second-order valence-electron chi connectivity index (χ2n) is 9.14. The van der Waals surface area contributed by atoms with Crippen LogP contribution in [-0.2, 0) is 11.0 Å². The van der Waals surface area contributed by atoms with Crippen molar-refractivity contribution in [3.63, 3.8) is 0 Å². The quantitative estimate of drug-likeness (QED) is 0.287. The zero-order chi connectivity index (χ0) is 23.5. The van der Waals surface area contributed by atoms with Gasteiger partial charge in [-0.1, -0.05) is 93.6 Å². The fourth-order valence-corrected chi connectivity index (χ4v) is 9.40. The first kappa shape index (κ1) is 23.3. The minimum atomic E-state index is -2.58. The molecule has 0 saturated heterocycles. The van der Waals surface area contributed by atoms with Crippen LogP contribution < -0.4 is 10.4 Å². The zero-order valence-corrected chi connectivity index (χ0v) is 21.7. The molecule has 0 radical (unpaired) electrons. The Morgan fingerprint density at radius 1 is 0.879 bits per heavy atom. The van der Waals surface area contributed by atoms with Gasteiger partial charge >= 0.3 is 0 Å². The fourth-order valence-electron chi connectivity index (χ4n) is 4.44. The molecule has 3 nitrogen and oxygen atoms in total. The van der Waals surface area contributed by atoms with Crippen LogP contribution in [0.15, 0.2) is 102 Å². The van der Waals surface area contributed by atoms with Crippen molar-refractivity contribution in [3.05, 3.63) is 113 Å². The maximum atomic E-state index is 9.41. The third-order valence-electron chi connectivity index (χ3n) is 5.99. The van der Waals surface area contributed by atoms with Gasteiger partial charge in [0.1, 0.15) is 11.8 Å². The molecule has 0 unspecified atom stereocenters. The molecule has 5 heteroatoms. The zero-order valence-electron chi connectivity index (χ0n) is 19.1. The van der Waals surface area contributed by atoms with Crippen LogP contribution in [0.1, 0.15) is 32.0 Å². The lowest BCUT2D eigenvalue weighted by molar-refractivity contribution is 0.286. The molecule has 0 bridgehead atoms. The number of aromatic nitrogens is 1. The normalized spacial score (nSPS) is 11.8. The van der Waals surface area contributed by atoms with Gasteiger partial charge in [0.05, 0.1) is 6.61 Å². The van der Waals surface area contributed by atoms with Crippen LogP contribution in [0, 0.1) is 11.3 Å². The highest BCUT2D eigenvalue weighted by atomic mass is 79.9. The molecular weight excluding hydrogens is 488 g/mol. The van der Waals surface area contributed by atoms with Crippen molar-refractivity contribution in [1.29, 1.82) is 5.26 Å². The van der Waals surface area contributed by atoms with Crippen molar-refractivity contribution in [3.8, 4) is 11.8 Å². The Morgan fingerprint density at radius 2 is 1.42 bits per heavy atom. The highest BCUT2D eigenvalue weighted by molar-refractivity contribution is 9.10. The van der Waals surface area contributed by atoms with E-state index < -0.39 is 8.32 Å². The van der Waals surface area contributed by atoms with Crippen molar-refractivity contribution in [2.45, 2.75) is 32.4 Å². The topological polar surface area (TPSA) is 38.0 Å². The molecule has 0 aliphatic heterocycles. The van der Waals surface area contributed by atoms with Gasteiger partial charge in [-0.2, -0.15) is 5.26 Å².